The zero-order chi connectivity index (χ0) is 24.5. The summed E-state index contributed by atoms with van der Waals surface area (Å²) in [5.74, 6) is -0.0402. The van der Waals surface area contributed by atoms with Crippen LogP contribution in [0.25, 0.3) is 33.4 Å². The molecule has 1 amide bonds. The minimum Gasteiger partial charge on any atom is -0.352 e. The average molecular weight is 481 g/mol. The van der Waals surface area contributed by atoms with Gasteiger partial charge in [0.05, 0.1) is 11.2 Å². The number of aromatic nitrogens is 4. The number of amides is 1. The van der Waals surface area contributed by atoms with Crippen molar-refractivity contribution in [3.8, 4) is 22.5 Å². The van der Waals surface area contributed by atoms with E-state index in [0.29, 0.717) is 12.1 Å². The molecule has 1 aromatic carbocycles. The molecule has 0 unspecified atom stereocenters. The van der Waals surface area contributed by atoms with Gasteiger partial charge in [-0.3, -0.25) is 19.4 Å². The van der Waals surface area contributed by atoms with Crippen molar-refractivity contribution < 1.29 is 4.79 Å². The zero-order valence-electron chi connectivity index (χ0n) is 20.8. The van der Waals surface area contributed by atoms with E-state index < -0.39 is 0 Å². The molecule has 0 radical (unpaired) electrons. The molecule has 0 bridgehead atoms. The number of hydrogen-bond acceptors (Lipinski definition) is 5. The van der Waals surface area contributed by atoms with Crippen molar-refractivity contribution >= 4 is 16.8 Å². The number of rotatable bonds is 7. The van der Waals surface area contributed by atoms with Gasteiger partial charge in [0.1, 0.15) is 5.69 Å². The van der Waals surface area contributed by atoms with E-state index in [2.05, 4.69) is 25.9 Å². The van der Waals surface area contributed by atoms with Crippen molar-refractivity contribution in [1.82, 2.24) is 30.0 Å². The van der Waals surface area contributed by atoms with Crippen molar-refractivity contribution in [2.75, 3.05) is 26.2 Å². The monoisotopic (exact) mass is 480 g/mol. The predicted octanol–water partition coefficient (Wildman–Crippen LogP) is 4.63. The first-order valence-corrected chi connectivity index (χ1v) is 13.1. The summed E-state index contributed by atoms with van der Waals surface area (Å²) in [6.45, 7) is 7.06. The van der Waals surface area contributed by atoms with Crippen LogP contribution in [0.4, 0.5) is 0 Å². The maximum atomic E-state index is 12.8. The molecule has 1 saturated heterocycles. The molecule has 5 heterocycles. The topological polar surface area (TPSA) is 75.9 Å². The van der Waals surface area contributed by atoms with Crippen LogP contribution in [0, 0.1) is 6.92 Å². The van der Waals surface area contributed by atoms with E-state index in [1.165, 1.54) is 31.6 Å². The van der Waals surface area contributed by atoms with Gasteiger partial charge in [0.15, 0.2) is 0 Å². The Labute approximate surface area is 211 Å². The maximum Gasteiger partial charge on any atom is 0.251 e. The second kappa shape index (κ2) is 9.82. The van der Waals surface area contributed by atoms with Gasteiger partial charge in [0, 0.05) is 47.2 Å². The van der Waals surface area contributed by atoms with Gasteiger partial charge in [-0.15, -0.1) is 0 Å². The van der Waals surface area contributed by atoms with Gasteiger partial charge in [-0.25, -0.2) is 0 Å². The first-order chi connectivity index (χ1) is 17.7. The number of aryl methyl sites for hydroxylation is 2. The molecule has 1 N–H and O–H groups in total. The smallest absolute Gasteiger partial charge is 0.251 e. The fourth-order valence-corrected chi connectivity index (χ4v) is 5.59. The van der Waals surface area contributed by atoms with E-state index in [4.69, 9.17) is 10.1 Å². The van der Waals surface area contributed by atoms with Crippen LogP contribution in [0.3, 0.4) is 0 Å². The second-order valence-electron chi connectivity index (χ2n) is 9.91. The molecule has 6 rings (SSSR count). The van der Waals surface area contributed by atoms with Crippen LogP contribution in [0.5, 0.6) is 0 Å². The van der Waals surface area contributed by atoms with Crippen LogP contribution in [0.1, 0.15) is 47.4 Å². The number of pyridine rings is 2. The number of likely N-dealkylation sites (tertiary alicyclic amines) is 1. The van der Waals surface area contributed by atoms with Crippen LogP contribution in [0.15, 0.2) is 48.7 Å². The molecular weight excluding hydrogens is 448 g/mol. The van der Waals surface area contributed by atoms with Crippen molar-refractivity contribution in [2.45, 2.75) is 45.6 Å². The van der Waals surface area contributed by atoms with E-state index in [-0.39, 0.29) is 5.91 Å². The Kier molecular flexibility index (Phi) is 6.23. The molecule has 0 spiro atoms. The minimum atomic E-state index is -0.0402. The van der Waals surface area contributed by atoms with Gasteiger partial charge < -0.3 is 10.2 Å². The summed E-state index contributed by atoms with van der Waals surface area (Å²) in [4.78, 5) is 24.7. The SMILES string of the molecule is Cc1cccc(-c2nn3c(c2-c2ccnc4cc(C(=O)NCCCN5CCCC5)ccc24)CCC3)n1. The number of benzene rings is 1. The van der Waals surface area contributed by atoms with Gasteiger partial charge in [0.2, 0.25) is 0 Å². The number of nitrogens with one attached hydrogen (secondary N) is 1. The van der Waals surface area contributed by atoms with Crippen molar-refractivity contribution in [3.05, 3.63) is 65.6 Å². The molecule has 36 heavy (non-hydrogen) atoms. The van der Waals surface area contributed by atoms with E-state index in [9.17, 15) is 4.79 Å². The highest BCUT2D eigenvalue weighted by molar-refractivity contribution is 6.03. The molecular formula is C29H32N6O. The molecule has 2 aliphatic rings. The third-order valence-corrected chi connectivity index (χ3v) is 7.38. The molecule has 0 saturated carbocycles. The van der Waals surface area contributed by atoms with Crippen molar-refractivity contribution in [3.63, 3.8) is 0 Å². The first kappa shape index (κ1) is 22.9. The lowest BCUT2D eigenvalue weighted by atomic mass is 9.96. The van der Waals surface area contributed by atoms with Crippen LogP contribution < -0.4 is 5.32 Å². The van der Waals surface area contributed by atoms with Gasteiger partial charge in [-0.2, -0.15) is 5.10 Å². The summed E-state index contributed by atoms with van der Waals surface area (Å²) >= 11 is 0. The van der Waals surface area contributed by atoms with Crippen LogP contribution in [-0.2, 0) is 13.0 Å². The third-order valence-electron chi connectivity index (χ3n) is 7.38. The number of carbonyl (C=O) groups excluding carboxylic acids is 1. The Morgan fingerprint density at radius 2 is 1.94 bits per heavy atom. The second-order valence-corrected chi connectivity index (χ2v) is 9.91. The molecule has 0 atom stereocenters. The number of nitrogens with zero attached hydrogens (tertiary/aromatic N) is 5. The molecule has 184 valence electrons. The normalized spacial score (nSPS) is 15.5. The first-order valence-electron chi connectivity index (χ1n) is 13.1. The lowest BCUT2D eigenvalue weighted by molar-refractivity contribution is 0.0952. The largest absolute Gasteiger partial charge is 0.352 e. The highest BCUT2D eigenvalue weighted by Crippen LogP contribution is 2.39. The summed E-state index contributed by atoms with van der Waals surface area (Å²) < 4.78 is 2.13. The van der Waals surface area contributed by atoms with Crippen LogP contribution >= 0.6 is 0 Å². The Hall–Kier alpha value is -3.58. The van der Waals surface area contributed by atoms with Crippen LogP contribution in [0.2, 0.25) is 0 Å². The van der Waals surface area contributed by atoms with Gasteiger partial charge in [-0.1, -0.05) is 12.1 Å². The Balaban J connectivity index is 1.29. The quantitative estimate of drug-likeness (QED) is 0.390. The van der Waals surface area contributed by atoms with E-state index in [1.807, 2.05) is 49.5 Å². The highest BCUT2D eigenvalue weighted by Gasteiger charge is 2.26. The Morgan fingerprint density at radius 3 is 2.81 bits per heavy atom. The molecule has 0 aliphatic carbocycles. The number of carbonyl (C=O) groups is 1. The molecule has 4 aromatic rings. The standard InChI is InChI=1S/C29H32N6O/c1-20-7-4-8-24(32-20)28-27(26-9-5-18-35(26)33-28)23-12-14-30-25-19-21(10-11-22(23)25)29(36)31-13-6-17-34-15-2-3-16-34/h4,7-8,10-12,14,19H,2-3,5-6,9,13,15-18H2,1H3,(H,31,36). The molecule has 7 nitrogen and oxygen atoms in total. The highest BCUT2D eigenvalue weighted by atomic mass is 16.1. The average Bonchev–Trinajstić information content (AvgIpc) is 3.64. The summed E-state index contributed by atoms with van der Waals surface area (Å²) in [5, 5.41) is 9.08. The maximum absolute atomic E-state index is 12.8. The molecule has 3 aromatic heterocycles. The molecule has 1 fully saturated rings. The lowest BCUT2D eigenvalue weighted by Crippen LogP contribution is -2.28. The summed E-state index contributed by atoms with van der Waals surface area (Å²) in [6, 6.07) is 14.0. The zero-order valence-corrected chi connectivity index (χ0v) is 20.8. The van der Waals surface area contributed by atoms with Crippen molar-refractivity contribution in [2.24, 2.45) is 0 Å². The summed E-state index contributed by atoms with van der Waals surface area (Å²) in [7, 11) is 0. The number of fused-ring (bicyclic) bond motifs is 2. The van der Waals surface area contributed by atoms with E-state index in [0.717, 1.165) is 71.5 Å². The molecule has 7 heteroatoms. The fraction of sp³-hybridized carbons (Fsp3) is 0.379. The predicted molar refractivity (Wildman–Crippen MR) is 142 cm³/mol. The van der Waals surface area contributed by atoms with E-state index in [1.54, 1.807) is 0 Å². The van der Waals surface area contributed by atoms with Gasteiger partial charge in [-0.05, 0) is 94.6 Å². The fourth-order valence-electron chi connectivity index (χ4n) is 5.59. The van der Waals surface area contributed by atoms with Gasteiger partial charge >= 0.3 is 0 Å². The molecule has 2 aliphatic heterocycles. The van der Waals surface area contributed by atoms with Crippen molar-refractivity contribution in [1.29, 1.82) is 0 Å². The number of hydrogen-bond donors (Lipinski definition) is 1. The third kappa shape index (κ3) is 4.39. The lowest BCUT2D eigenvalue weighted by Gasteiger charge is -2.14. The minimum absolute atomic E-state index is 0.0402. The van der Waals surface area contributed by atoms with Gasteiger partial charge in [0.25, 0.3) is 5.91 Å². The summed E-state index contributed by atoms with van der Waals surface area (Å²) in [6.07, 6.45) is 7.50. The Bertz CT molecular complexity index is 1420. The Morgan fingerprint density at radius 1 is 1.06 bits per heavy atom. The summed E-state index contributed by atoms with van der Waals surface area (Å²) in [5.41, 5.74) is 7.73. The van der Waals surface area contributed by atoms with Crippen LogP contribution in [-0.4, -0.2) is 56.7 Å². The van der Waals surface area contributed by atoms with E-state index >= 15 is 0 Å².